The van der Waals surface area contributed by atoms with Crippen molar-refractivity contribution in [2.24, 2.45) is 5.92 Å². The van der Waals surface area contributed by atoms with Crippen LogP contribution in [0.5, 0.6) is 0 Å². The van der Waals surface area contributed by atoms with Crippen molar-refractivity contribution in [2.75, 3.05) is 13.1 Å². The Kier molecular flexibility index (Phi) is 7.06. The number of halogens is 2. The summed E-state index contributed by atoms with van der Waals surface area (Å²) >= 11 is 5.92. The molecule has 21 heavy (non-hydrogen) atoms. The zero-order chi connectivity index (χ0) is 16.0. The minimum absolute atomic E-state index is 0.132. The molecule has 0 aliphatic rings. The molecule has 1 rings (SSSR count). The topological polar surface area (TPSA) is 58.2 Å². The van der Waals surface area contributed by atoms with Crippen LogP contribution < -0.4 is 10.0 Å². The van der Waals surface area contributed by atoms with E-state index in [0.717, 1.165) is 19.0 Å². The first-order valence-corrected chi connectivity index (χ1v) is 8.82. The van der Waals surface area contributed by atoms with Crippen molar-refractivity contribution in [3.8, 4) is 0 Å². The van der Waals surface area contributed by atoms with Gasteiger partial charge in [-0.3, -0.25) is 0 Å². The zero-order valence-electron chi connectivity index (χ0n) is 12.5. The Morgan fingerprint density at radius 1 is 1.33 bits per heavy atom. The second-order valence-corrected chi connectivity index (χ2v) is 7.47. The third-order valence-corrected chi connectivity index (χ3v) is 4.43. The fourth-order valence-electron chi connectivity index (χ4n) is 1.70. The van der Waals surface area contributed by atoms with Crippen LogP contribution in [0.3, 0.4) is 0 Å². The zero-order valence-corrected chi connectivity index (χ0v) is 14.1. The second kappa shape index (κ2) is 8.08. The molecule has 0 aromatic heterocycles. The molecule has 0 heterocycles. The van der Waals surface area contributed by atoms with E-state index in [-0.39, 0.29) is 29.6 Å². The van der Waals surface area contributed by atoms with Gasteiger partial charge in [0.25, 0.3) is 0 Å². The van der Waals surface area contributed by atoms with Gasteiger partial charge < -0.3 is 5.32 Å². The molecule has 0 saturated heterocycles. The average molecular weight is 337 g/mol. The van der Waals surface area contributed by atoms with Gasteiger partial charge >= 0.3 is 0 Å². The summed E-state index contributed by atoms with van der Waals surface area (Å²) in [5.41, 5.74) is 0.251. The van der Waals surface area contributed by atoms with Gasteiger partial charge in [-0.2, -0.15) is 0 Å². The molecule has 0 bridgehead atoms. The highest BCUT2D eigenvalue weighted by molar-refractivity contribution is 7.89. The van der Waals surface area contributed by atoms with Crippen LogP contribution in [0.2, 0.25) is 5.02 Å². The van der Waals surface area contributed by atoms with Crippen LogP contribution in [0.25, 0.3) is 0 Å². The van der Waals surface area contributed by atoms with Gasteiger partial charge in [0.2, 0.25) is 10.0 Å². The third-order valence-electron chi connectivity index (χ3n) is 2.79. The molecule has 0 aliphatic heterocycles. The molecule has 0 atom stereocenters. The average Bonchev–Trinajstić information content (AvgIpc) is 2.40. The molecule has 1 aromatic carbocycles. The molecule has 0 saturated carbocycles. The van der Waals surface area contributed by atoms with E-state index in [0.29, 0.717) is 0 Å². The number of hydrogen-bond donors (Lipinski definition) is 2. The van der Waals surface area contributed by atoms with Gasteiger partial charge in [0, 0.05) is 23.7 Å². The van der Waals surface area contributed by atoms with Crippen LogP contribution >= 0.6 is 11.6 Å². The maximum atomic E-state index is 14.4. The Bertz CT molecular complexity index is 577. The van der Waals surface area contributed by atoms with Crippen LogP contribution in [0, 0.1) is 11.7 Å². The van der Waals surface area contributed by atoms with Crippen molar-refractivity contribution in [2.45, 2.75) is 38.6 Å². The first-order chi connectivity index (χ1) is 9.77. The van der Waals surface area contributed by atoms with E-state index < -0.39 is 20.7 Å². The van der Waals surface area contributed by atoms with Crippen molar-refractivity contribution < 1.29 is 12.8 Å². The van der Waals surface area contributed by atoms with Crippen LogP contribution in [-0.4, -0.2) is 21.5 Å². The highest BCUT2D eigenvalue weighted by atomic mass is 35.5. The monoisotopic (exact) mass is 336 g/mol. The third kappa shape index (κ3) is 5.54. The maximum absolute atomic E-state index is 14.4. The van der Waals surface area contributed by atoms with Gasteiger partial charge in [0.05, 0.1) is 0 Å². The molecular weight excluding hydrogens is 315 g/mol. The summed E-state index contributed by atoms with van der Waals surface area (Å²) in [6, 6.07) is 2.59. The van der Waals surface area contributed by atoms with E-state index in [1.54, 1.807) is 0 Å². The Hall–Kier alpha value is -0.690. The lowest BCUT2D eigenvalue weighted by Gasteiger charge is -2.13. The summed E-state index contributed by atoms with van der Waals surface area (Å²) in [7, 11) is -3.90. The predicted octanol–water partition coefficient (Wildman–Crippen LogP) is 2.91. The molecule has 0 amide bonds. The molecule has 120 valence electrons. The summed E-state index contributed by atoms with van der Waals surface area (Å²) in [6.07, 6.45) is 0.906. The van der Waals surface area contributed by atoms with Gasteiger partial charge in [-0.15, -0.1) is 0 Å². The van der Waals surface area contributed by atoms with E-state index in [2.05, 4.69) is 10.0 Å². The Morgan fingerprint density at radius 3 is 2.57 bits per heavy atom. The summed E-state index contributed by atoms with van der Waals surface area (Å²) < 4.78 is 41.1. The number of sulfonamides is 1. The van der Waals surface area contributed by atoms with Crippen molar-refractivity contribution in [1.82, 2.24) is 10.0 Å². The van der Waals surface area contributed by atoms with E-state index in [1.165, 1.54) is 6.07 Å². The van der Waals surface area contributed by atoms with E-state index in [9.17, 15) is 12.8 Å². The first-order valence-electron chi connectivity index (χ1n) is 6.96. The molecule has 0 aliphatic carbocycles. The maximum Gasteiger partial charge on any atom is 0.243 e. The Balaban J connectivity index is 3.06. The van der Waals surface area contributed by atoms with Crippen molar-refractivity contribution in [3.63, 3.8) is 0 Å². The summed E-state index contributed by atoms with van der Waals surface area (Å²) in [4.78, 5) is -0.399. The van der Waals surface area contributed by atoms with Crippen molar-refractivity contribution >= 4 is 21.6 Å². The standard InChI is InChI=1S/C14H22ClFN2O2S/c1-4-5-17-9-11-6-12(15)7-13(14(11)16)21(19,20)18-8-10(2)3/h6-7,10,17-18H,4-5,8-9H2,1-3H3. The quantitative estimate of drug-likeness (QED) is 0.718. The molecule has 1 aromatic rings. The van der Waals surface area contributed by atoms with Gasteiger partial charge in [0.15, 0.2) is 0 Å². The summed E-state index contributed by atoms with van der Waals surface area (Å²) in [6.45, 7) is 6.95. The molecule has 0 unspecified atom stereocenters. The lowest BCUT2D eigenvalue weighted by atomic mass is 10.2. The minimum atomic E-state index is -3.90. The molecule has 4 nitrogen and oxygen atoms in total. The molecule has 0 spiro atoms. The molecular formula is C14H22ClFN2O2S. The van der Waals surface area contributed by atoms with Crippen molar-refractivity contribution in [1.29, 1.82) is 0 Å². The normalized spacial score (nSPS) is 12.1. The Morgan fingerprint density at radius 2 is 2.00 bits per heavy atom. The first kappa shape index (κ1) is 18.4. The van der Waals surface area contributed by atoms with Gasteiger partial charge in [0.1, 0.15) is 10.7 Å². The SMILES string of the molecule is CCCNCc1cc(Cl)cc(S(=O)(=O)NCC(C)C)c1F. The lowest BCUT2D eigenvalue weighted by Crippen LogP contribution is -2.28. The molecule has 2 N–H and O–H groups in total. The van der Waals surface area contributed by atoms with E-state index in [4.69, 9.17) is 11.6 Å². The highest BCUT2D eigenvalue weighted by Crippen LogP contribution is 2.23. The molecule has 0 fully saturated rings. The van der Waals surface area contributed by atoms with Crippen molar-refractivity contribution in [3.05, 3.63) is 28.5 Å². The van der Waals surface area contributed by atoms with Gasteiger partial charge in [-0.1, -0.05) is 32.4 Å². The van der Waals surface area contributed by atoms with Crippen LogP contribution in [0.1, 0.15) is 32.8 Å². The molecule has 0 radical (unpaired) electrons. The fraction of sp³-hybridized carbons (Fsp3) is 0.571. The van der Waals surface area contributed by atoms with Crippen LogP contribution in [0.15, 0.2) is 17.0 Å². The predicted molar refractivity (Wildman–Crippen MR) is 83.4 cm³/mol. The minimum Gasteiger partial charge on any atom is -0.313 e. The lowest BCUT2D eigenvalue weighted by molar-refractivity contribution is 0.533. The van der Waals surface area contributed by atoms with E-state index in [1.807, 2.05) is 20.8 Å². The number of benzene rings is 1. The summed E-state index contributed by atoms with van der Waals surface area (Å²) in [5.74, 6) is -0.619. The highest BCUT2D eigenvalue weighted by Gasteiger charge is 2.22. The van der Waals surface area contributed by atoms with Crippen LogP contribution in [0.4, 0.5) is 4.39 Å². The van der Waals surface area contributed by atoms with E-state index >= 15 is 0 Å². The second-order valence-electron chi connectivity index (χ2n) is 5.30. The largest absolute Gasteiger partial charge is 0.313 e. The van der Waals surface area contributed by atoms with Gasteiger partial charge in [-0.25, -0.2) is 17.5 Å². The number of nitrogens with one attached hydrogen (secondary N) is 2. The fourth-order valence-corrected chi connectivity index (χ4v) is 3.36. The van der Waals surface area contributed by atoms with Crippen LogP contribution in [-0.2, 0) is 16.6 Å². The number of rotatable bonds is 8. The number of hydrogen-bond acceptors (Lipinski definition) is 3. The molecule has 7 heteroatoms. The summed E-state index contributed by atoms with van der Waals surface area (Å²) in [5, 5.41) is 3.24. The smallest absolute Gasteiger partial charge is 0.243 e. The Labute approximate surface area is 131 Å². The van der Waals surface area contributed by atoms with Gasteiger partial charge in [-0.05, 0) is 31.0 Å².